The minimum Gasteiger partial charge on any atom is -0.497 e. The summed E-state index contributed by atoms with van der Waals surface area (Å²) in [4.78, 5) is 0. The van der Waals surface area contributed by atoms with Crippen LogP contribution in [0.2, 0.25) is 0 Å². The number of hydrogen-bond donors (Lipinski definition) is 1. The fraction of sp³-hybridized carbons (Fsp3) is 0.400. The molecule has 106 valence electrons. The van der Waals surface area contributed by atoms with Gasteiger partial charge in [0.05, 0.1) is 12.7 Å². The zero-order chi connectivity index (χ0) is 13.9. The SMILES string of the molecule is COc1ccc(-c2c(N)noc2C2CCOCC2)cc1. The monoisotopic (exact) mass is 274 g/mol. The van der Waals surface area contributed by atoms with Crippen molar-refractivity contribution in [2.24, 2.45) is 0 Å². The van der Waals surface area contributed by atoms with E-state index in [9.17, 15) is 0 Å². The van der Waals surface area contributed by atoms with Gasteiger partial charge in [0.2, 0.25) is 0 Å². The van der Waals surface area contributed by atoms with E-state index in [1.54, 1.807) is 7.11 Å². The van der Waals surface area contributed by atoms with Gasteiger partial charge < -0.3 is 19.7 Å². The fourth-order valence-electron chi connectivity index (χ4n) is 2.60. The van der Waals surface area contributed by atoms with Crippen molar-refractivity contribution in [3.05, 3.63) is 30.0 Å². The van der Waals surface area contributed by atoms with Crippen LogP contribution in [0.25, 0.3) is 11.1 Å². The first-order chi connectivity index (χ1) is 9.79. The Morgan fingerprint density at radius 2 is 1.90 bits per heavy atom. The molecule has 0 bridgehead atoms. The van der Waals surface area contributed by atoms with Gasteiger partial charge in [-0.3, -0.25) is 0 Å². The number of aromatic nitrogens is 1. The molecule has 0 spiro atoms. The molecule has 2 aromatic rings. The molecule has 5 nitrogen and oxygen atoms in total. The van der Waals surface area contributed by atoms with Gasteiger partial charge in [-0.2, -0.15) is 0 Å². The van der Waals surface area contributed by atoms with Crippen LogP contribution in [-0.2, 0) is 4.74 Å². The molecule has 20 heavy (non-hydrogen) atoms. The Balaban J connectivity index is 1.96. The molecule has 0 atom stereocenters. The van der Waals surface area contributed by atoms with E-state index in [-0.39, 0.29) is 0 Å². The normalized spacial score (nSPS) is 16.2. The second kappa shape index (κ2) is 5.54. The molecule has 0 amide bonds. The highest BCUT2D eigenvalue weighted by molar-refractivity contribution is 5.76. The van der Waals surface area contributed by atoms with Gasteiger partial charge in [-0.25, -0.2) is 0 Å². The summed E-state index contributed by atoms with van der Waals surface area (Å²) in [6, 6.07) is 7.78. The fourth-order valence-corrected chi connectivity index (χ4v) is 2.60. The molecule has 1 aromatic heterocycles. The van der Waals surface area contributed by atoms with Gasteiger partial charge in [0.25, 0.3) is 0 Å². The second-order valence-corrected chi connectivity index (χ2v) is 4.92. The summed E-state index contributed by atoms with van der Waals surface area (Å²) in [6.07, 6.45) is 1.88. The van der Waals surface area contributed by atoms with Crippen molar-refractivity contribution in [1.29, 1.82) is 0 Å². The molecule has 1 aromatic carbocycles. The van der Waals surface area contributed by atoms with E-state index >= 15 is 0 Å². The summed E-state index contributed by atoms with van der Waals surface area (Å²) in [6.45, 7) is 1.51. The van der Waals surface area contributed by atoms with Gasteiger partial charge >= 0.3 is 0 Å². The van der Waals surface area contributed by atoms with Crippen LogP contribution in [0, 0.1) is 0 Å². The van der Waals surface area contributed by atoms with Crippen molar-refractivity contribution in [2.75, 3.05) is 26.1 Å². The van der Waals surface area contributed by atoms with Crippen LogP contribution in [-0.4, -0.2) is 25.5 Å². The minimum absolute atomic E-state index is 0.325. The van der Waals surface area contributed by atoms with Crippen LogP contribution in [0.5, 0.6) is 5.75 Å². The van der Waals surface area contributed by atoms with Crippen molar-refractivity contribution in [3.63, 3.8) is 0 Å². The Labute approximate surface area is 117 Å². The molecule has 0 radical (unpaired) electrons. The average molecular weight is 274 g/mol. The van der Waals surface area contributed by atoms with Gasteiger partial charge in [0.1, 0.15) is 11.5 Å². The Hall–Kier alpha value is -2.01. The second-order valence-electron chi connectivity index (χ2n) is 4.92. The highest BCUT2D eigenvalue weighted by Gasteiger charge is 2.26. The van der Waals surface area contributed by atoms with Crippen LogP contribution in [0.1, 0.15) is 24.5 Å². The maximum atomic E-state index is 5.98. The number of nitrogens with zero attached hydrogens (tertiary/aromatic N) is 1. The number of nitrogens with two attached hydrogens (primary N) is 1. The Bertz CT molecular complexity index is 571. The third kappa shape index (κ3) is 2.36. The quantitative estimate of drug-likeness (QED) is 0.931. The summed E-state index contributed by atoms with van der Waals surface area (Å²) in [7, 11) is 1.65. The number of anilines is 1. The zero-order valence-electron chi connectivity index (χ0n) is 11.5. The van der Waals surface area contributed by atoms with E-state index in [4.69, 9.17) is 19.7 Å². The standard InChI is InChI=1S/C15H18N2O3/c1-18-12-4-2-10(3-5-12)13-14(20-17-15(13)16)11-6-8-19-9-7-11/h2-5,11H,6-9H2,1H3,(H2,16,17). The first-order valence-electron chi connectivity index (χ1n) is 6.77. The Morgan fingerprint density at radius 1 is 1.20 bits per heavy atom. The predicted octanol–water partition coefficient (Wildman–Crippen LogP) is 2.83. The average Bonchev–Trinajstić information content (AvgIpc) is 2.90. The Morgan fingerprint density at radius 3 is 2.55 bits per heavy atom. The van der Waals surface area contributed by atoms with Crippen LogP contribution >= 0.6 is 0 Å². The summed E-state index contributed by atoms with van der Waals surface area (Å²) >= 11 is 0. The van der Waals surface area contributed by atoms with Crippen molar-refractivity contribution in [2.45, 2.75) is 18.8 Å². The smallest absolute Gasteiger partial charge is 0.175 e. The zero-order valence-corrected chi connectivity index (χ0v) is 11.5. The van der Waals surface area contributed by atoms with Gasteiger partial charge in [0, 0.05) is 19.1 Å². The maximum Gasteiger partial charge on any atom is 0.175 e. The molecular weight excluding hydrogens is 256 g/mol. The third-order valence-electron chi connectivity index (χ3n) is 3.72. The number of rotatable bonds is 3. The van der Waals surface area contributed by atoms with E-state index in [0.717, 1.165) is 48.7 Å². The van der Waals surface area contributed by atoms with E-state index < -0.39 is 0 Å². The first kappa shape index (κ1) is 13.0. The number of hydrogen-bond acceptors (Lipinski definition) is 5. The molecule has 0 aliphatic carbocycles. The molecule has 1 saturated heterocycles. The number of nitrogen functional groups attached to an aromatic ring is 1. The highest BCUT2D eigenvalue weighted by atomic mass is 16.5. The van der Waals surface area contributed by atoms with Crippen LogP contribution < -0.4 is 10.5 Å². The van der Waals surface area contributed by atoms with Crippen LogP contribution in [0.15, 0.2) is 28.8 Å². The van der Waals surface area contributed by atoms with Gasteiger partial charge in [-0.05, 0) is 30.5 Å². The van der Waals surface area contributed by atoms with Crippen molar-refractivity contribution in [3.8, 4) is 16.9 Å². The maximum absolute atomic E-state index is 5.98. The van der Waals surface area contributed by atoms with Gasteiger partial charge in [-0.15, -0.1) is 0 Å². The van der Waals surface area contributed by atoms with Gasteiger partial charge in [-0.1, -0.05) is 17.3 Å². The summed E-state index contributed by atoms with van der Waals surface area (Å²) in [5, 5.41) is 3.94. The lowest BCUT2D eigenvalue weighted by Crippen LogP contribution is -2.14. The summed E-state index contributed by atoms with van der Waals surface area (Å²) in [5.74, 6) is 2.45. The lowest BCUT2D eigenvalue weighted by atomic mass is 9.92. The number of benzene rings is 1. The molecule has 5 heteroatoms. The first-order valence-corrected chi connectivity index (χ1v) is 6.77. The Kier molecular flexibility index (Phi) is 3.60. The number of methoxy groups -OCH3 is 1. The largest absolute Gasteiger partial charge is 0.497 e. The van der Waals surface area contributed by atoms with E-state index in [0.29, 0.717) is 11.7 Å². The van der Waals surface area contributed by atoms with Crippen molar-refractivity contribution in [1.82, 2.24) is 5.16 Å². The highest BCUT2D eigenvalue weighted by Crippen LogP contribution is 2.38. The summed E-state index contributed by atoms with van der Waals surface area (Å²) in [5.41, 5.74) is 7.89. The number of ether oxygens (including phenoxy) is 2. The topological polar surface area (TPSA) is 70.5 Å². The molecule has 3 rings (SSSR count). The van der Waals surface area contributed by atoms with E-state index in [2.05, 4.69) is 5.16 Å². The summed E-state index contributed by atoms with van der Waals surface area (Å²) < 4.78 is 16.1. The third-order valence-corrected chi connectivity index (χ3v) is 3.72. The van der Waals surface area contributed by atoms with Crippen molar-refractivity contribution >= 4 is 5.82 Å². The lowest BCUT2D eigenvalue weighted by molar-refractivity contribution is 0.0792. The molecular formula is C15H18N2O3. The minimum atomic E-state index is 0.325. The molecule has 2 N–H and O–H groups in total. The molecule has 1 aliphatic rings. The predicted molar refractivity (Wildman–Crippen MR) is 75.7 cm³/mol. The van der Waals surface area contributed by atoms with Crippen LogP contribution in [0.4, 0.5) is 5.82 Å². The van der Waals surface area contributed by atoms with Crippen molar-refractivity contribution < 1.29 is 14.0 Å². The molecule has 1 fully saturated rings. The molecule has 0 unspecified atom stereocenters. The van der Waals surface area contributed by atoms with E-state index in [1.165, 1.54) is 0 Å². The lowest BCUT2D eigenvalue weighted by Gasteiger charge is -2.20. The van der Waals surface area contributed by atoms with Crippen LogP contribution in [0.3, 0.4) is 0 Å². The molecule has 0 saturated carbocycles. The van der Waals surface area contributed by atoms with Gasteiger partial charge in [0.15, 0.2) is 5.82 Å². The molecule has 1 aliphatic heterocycles. The van der Waals surface area contributed by atoms with E-state index in [1.807, 2.05) is 24.3 Å². The molecule has 2 heterocycles.